The number of rotatable bonds is 4. The summed E-state index contributed by atoms with van der Waals surface area (Å²) in [4.78, 5) is 27.6. The van der Waals surface area contributed by atoms with Gasteiger partial charge in [0.1, 0.15) is 11.9 Å². The third-order valence-corrected chi connectivity index (χ3v) is 6.31. The number of amides is 2. The van der Waals surface area contributed by atoms with E-state index in [-0.39, 0.29) is 23.8 Å². The number of hydrogen-bond acceptors (Lipinski definition) is 5. The second kappa shape index (κ2) is 6.60. The molecule has 5 rings (SSSR count). The molecule has 3 heterocycles. The lowest BCUT2D eigenvalue weighted by molar-refractivity contribution is -0.119. The summed E-state index contributed by atoms with van der Waals surface area (Å²) in [5, 5.41) is 5.78. The molecule has 142 valence electrons. The molecule has 3 aromatic rings. The van der Waals surface area contributed by atoms with Crippen molar-refractivity contribution in [2.45, 2.75) is 25.9 Å². The molecule has 0 aliphatic carbocycles. The van der Waals surface area contributed by atoms with Gasteiger partial charge in [-0.05, 0) is 41.8 Å². The Hall–Kier alpha value is -2.93. The summed E-state index contributed by atoms with van der Waals surface area (Å²) in [6.45, 7) is 2.66. The first-order chi connectivity index (χ1) is 13.6. The zero-order valence-corrected chi connectivity index (χ0v) is 16.1. The van der Waals surface area contributed by atoms with Crippen molar-refractivity contribution in [3.8, 4) is 16.9 Å². The Morgan fingerprint density at radius 3 is 2.89 bits per heavy atom. The Morgan fingerprint density at radius 2 is 2.07 bits per heavy atom. The quantitative estimate of drug-likeness (QED) is 0.712. The number of fused-ring (bicyclic) bond motifs is 2. The van der Waals surface area contributed by atoms with Crippen LogP contribution in [0.2, 0.25) is 0 Å². The predicted molar refractivity (Wildman–Crippen MR) is 109 cm³/mol. The van der Waals surface area contributed by atoms with E-state index in [9.17, 15) is 9.59 Å². The number of thiazole rings is 1. The van der Waals surface area contributed by atoms with Crippen molar-refractivity contribution in [1.82, 2.24) is 10.3 Å². The Labute approximate surface area is 165 Å². The van der Waals surface area contributed by atoms with E-state index >= 15 is 0 Å². The van der Waals surface area contributed by atoms with Gasteiger partial charge in [0.25, 0.3) is 0 Å². The molecule has 2 unspecified atom stereocenters. The molecule has 7 heteroatoms. The minimum atomic E-state index is -0.0844. The molecule has 0 spiro atoms. The van der Waals surface area contributed by atoms with Crippen molar-refractivity contribution in [2.75, 3.05) is 11.9 Å². The van der Waals surface area contributed by atoms with Crippen LogP contribution in [-0.2, 0) is 16.0 Å². The summed E-state index contributed by atoms with van der Waals surface area (Å²) < 4.78 is 7.30. The average molecular weight is 393 g/mol. The zero-order valence-electron chi connectivity index (χ0n) is 15.3. The van der Waals surface area contributed by atoms with E-state index in [1.54, 1.807) is 11.3 Å². The standard InChI is InChI=1S/C21H19N3O3S/c1-11(15-8-19(25)22-9-15)27-18-6-14(5-17-21(18)28-10-23-17)12-2-3-13-7-20(26)24-16(13)4-12/h2-6,10-11,15H,7-9H2,1H3,(H,22,25)(H,24,26). The number of anilines is 1. The van der Waals surface area contributed by atoms with Gasteiger partial charge in [0, 0.05) is 24.6 Å². The lowest BCUT2D eigenvalue weighted by Gasteiger charge is -2.20. The fourth-order valence-electron chi connectivity index (χ4n) is 3.84. The number of ether oxygens (including phenoxy) is 1. The van der Waals surface area contributed by atoms with Crippen molar-refractivity contribution in [2.24, 2.45) is 5.92 Å². The molecule has 2 amide bonds. The number of nitrogens with one attached hydrogen (secondary N) is 2. The Bertz CT molecular complexity index is 1110. The highest BCUT2D eigenvalue weighted by Gasteiger charge is 2.28. The smallest absolute Gasteiger partial charge is 0.228 e. The van der Waals surface area contributed by atoms with E-state index in [0.29, 0.717) is 19.4 Å². The Kier molecular flexibility index (Phi) is 4.05. The van der Waals surface area contributed by atoms with Gasteiger partial charge >= 0.3 is 0 Å². The number of nitrogens with zero attached hydrogens (tertiary/aromatic N) is 1. The SMILES string of the molecule is CC(Oc1cc(-c2ccc3c(c2)NC(=O)C3)cc2ncsc12)C1CNC(=O)C1. The molecule has 2 atom stereocenters. The van der Waals surface area contributed by atoms with Gasteiger partial charge in [0.15, 0.2) is 0 Å². The largest absolute Gasteiger partial charge is 0.489 e. The average Bonchev–Trinajstić information content (AvgIpc) is 3.39. The highest BCUT2D eigenvalue weighted by molar-refractivity contribution is 7.17. The van der Waals surface area contributed by atoms with Crippen LogP contribution in [0.3, 0.4) is 0 Å². The normalized spacial score (nSPS) is 19.4. The highest BCUT2D eigenvalue weighted by atomic mass is 32.1. The number of carbonyl (C=O) groups is 2. The summed E-state index contributed by atoms with van der Waals surface area (Å²) in [6, 6.07) is 10.1. The van der Waals surface area contributed by atoms with Crippen molar-refractivity contribution < 1.29 is 14.3 Å². The van der Waals surface area contributed by atoms with Crippen molar-refractivity contribution in [3.05, 3.63) is 41.4 Å². The Balaban J connectivity index is 1.50. The Morgan fingerprint density at radius 1 is 1.18 bits per heavy atom. The van der Waals surface area contributed by atoms with Gasteiger partial charge in [-0.3, -0.25) is 9.59 Å². The summed E-state index contributed by atoms with van der Waals surface area (Å²) >= 11 is 1.55. The molecule has 2 N–H and O–H groups in total. The number of aromatic nitrogens is 1. The van der Waals surface area contributed by atoms with Crippen LogP contribution >= 0.6 is 11.3 Å². The maximum Gasteiger partial charge on any atom is 0.228 e. The van der Waals surface area contributed by atoms with Crippen LogP contribution in [0.5, 0.6) is 5.75 Å². The first kappa shape index (κ1) is 17.2. The van der Waals surface area contributed by atoms with E-state index in [0.717, 1.165) is 38.3 Å². The number of hydrogen-bond donors (Lipinski definition) is 2. The molecule has 6 nitrogen and oxygen atoms in total. The lowest BCUT2D eigenvalue weighted by atomic mass is 10.0. The fourth-order valence-corrected chi connectivity index (χ4v) is 4.57. The van der Waals surface area contributed by atoms with E-state index in [2.05, 4.69) is 15.6 Å². The van der Waals surface area contributed by atoms with Crippen molar-refractivity contribution in [3.63, 3.8) is 0 Å². The molecule has 1 saturated heterocycles. The molecule has 1 fully saturated rings. The monoisotopic (exact) mass is 393 g/mol. The van der Waals surface area contributed by atoms with E-state index in [1.165, 1.54) is 0 Å². The molecule has 0 radical (unpaired) electrons. The second-order valence-corrected chi connectivity index (χ2v) is 8.22. The van der Waals surface area contributed by atoms with Crippen LogP contribution in [0.1, 0.15) is 18.9 Å². The first-order valence-electron chi connectivity index (χ1n) is 9.30. The highest BCUT2D eigenvalue weighted by Crippen LogP contribution is 2.37. The van der Waals surface area contributed by atoms with Gasteiger partial charge < -0.3 is 15.4 Å². The molecule has 0 bridgehead atoms. The van der Waals surface area contributed by atoms with Gasteiger partial charge in [-0.2, -0.15) is 0 Å². The summed E-state index contributed by atoms with van der Waals surface area (Å²) in [5.74, 6) is 1.05. The fraction of sp³-hybridized carbons (Fsp3) is 0.286. The molecule has 2 aliphatic heterocycles. The maximum absolute atomic E-state index is 11.6. The van der Waals surface area contributed by atoms with Crippen molar-refractivity contribution in [1.29, 1.82) is 0 Å². The minimum absolute atomic E-state index is 0.0275. The van der Waals surface area contributed by atoms with Gasteiger partial charge in [0.2, 0.25) is 11.8 Å². The van der Waals surface area contributed by atoms with E-state index in [1.807, 2.05) is 42.8 Å². The molecular weight excluding hydrogens is 374 g/mol. The van der Waals surface area contributed by atoms with E-state index < -0.39 is 0 Å². The van der Waals surface area contributed by atoms with E-state index in [4.69, 9.17) is 4.74 Å². The van der Waals surface area contributed by atoms with Crippen LogP contribution in [0.4, 0.5) is 5.69 Å². The first-order valence-corrected chi connectivity index (χ1v) is 10.2. The van der Waals surface area contributed by atoms with Gasteiger partial charge in [-0.25, -0.2) is 4.98 Å². The topological polar surface area (TPSA) is 80.3 Å². The molecule has 0 saturated carbocycles. The third kappa shape index (κ3) is 3.01. The molecule has 2 aliphatic rings. The molecule has 1 aromatic heterocycles. The van der Waals surface area contributed by atoms with Crippen LogP contribution in [0, 0.1) is 5.92 Å². The number of carbonyl (C=O) groups excluding carboxylic acids is 2. The van der Waals surface area contributed by atoms with Crippen LogP contribution in [0.25, 0.3) is 21.3 Å². The molecular formula is C21H19N3O3S. The van der Waals surface area contributed by atoms with Crippen LogP contribution in [0.15, 0.2) is 35.8 Å². The minimum Gasteiger partial charge on any atom is -0.489 e. The van der Waals surface area contributed by atoms with Crippen molar-refractivity contribution >= 4 is 39.1 Å². The molecule has 28 heavy (non-hydrogen) atoms. The second-order valence-electron chi connectivity index (χ2n) is 7.36. The van der Waals surface area contributed by atoms with Gasteiger partial charge in [-0.15, -0.1) is 11.3 Å². The summed E-state index contributed by atoms with van der Waals surface area (Å²) in [5.41, 5.74) is 6.58. The summed E-state index contributed by atoms with van der Waals surface area (Å²) in [6.07, 6.45) is 0.844. The summed E-state index contributed by atoms with van der Waals surface area (Å²) in [7, 11) is 0. The lowest BCUT2D eigenvalue weighted by Crippen LogP contribution is -2.25. The predicted octanol–water partition coefficient (Wildman–Crippen LogP) is 3.36. The molecule has 2 aromatic carbocycles. The van der Waals surface area contributed by atoms with Gasteiger partial charge in [-0.1, -0.05) is 12.1 Å². The van der Waals surface area contributed by atoms with Crippen LogP contribution < -0.4 is 15.4 Å². The van der Waals surface area contributed by atoms with Gasteiger partial charge in [0.05, 0.1) is 22.1 Å². The maximum atomic E-state index is 11.6. The number of benzene rings is 2. The van der Waals surface area contributed by atoms with Crippen LogP contribution in [-0.4, -0.2) is 29.4 Å². The zero-order chi connectivity index (χ0) is 19.3. The third-order valence-electron chi connectivity index (χ3n) is 5.45.